The first kappa shape index (κ1) is 37.0. The molecule has 260 valence electrons. The Morgan fingerprint density at radius 1 is 0.776 bits per heavy atom. The van der Waals surface area contributed by atoms with Crippen LogP contribution >= 0.6 is 0 Å². The van der Waals surface area contributed by atoms with E-state index < -0.39 is 32.5 Å². The van der Waals surface area contributed by atoms with Gasteiger partial charge in [0.2, 0.25) is 0 Å². The number of phenolic OH excluding ortho intramolecular Hbond substituents is 1. The molecule has 0 bridgehead atoms. The molecule has 0 aromatic heterocycles. The summed E-state index contributed by atoms with van der Waals surface area (Å²) in [5.41, 5.74) is 2.96. The molecule has 4 aromatic carbocycles. The van der Waals surface area contributed by atoms with Crippen LogP contribution in [0.3, 0.4) is 0 Å². The number of rotatable bonds is 14. The number of amides is 1. The highest BCUT2D eigenvalue weighted by Gasteiger charge is 2.46. The van der Waals surface area contributed by atoms with Crippen molar-refractivity contribution in [1.82, 2.24) is 4.90 Å². The molecule has 0 unspecified atom stereocenters. The quantitative estimate of drug-likeness (QED) is 0.104. The average Bonchev–Trinajstić information content (AvgIpc) is 3.09. The van der Waals surface area contributed by atoms with Gasteiger partial charge in [-0.25, -0.2) is 9.59 Å². The van der Waals surface area contributed by atoms with Gasteiger partial charge in [0.25, 0.3) is 0 Å². The third-order valence-corrected chi connectivity index (χ3v) is 13.2. The highest BCUT2D eigenvalue weighted by molar-refractivity contribution is 6.74. The first-order chi connectivity index (χ1) is 23.3. The molecule has 0 radical (unpaired) electrons. The number of hydrogen-bond acceptors (Lipinski definition) is 8. The third-order valence-electron chi connectivity index (χ3n) is 8.76. The Morgan fingerprint density at radius 2 is 1.33 bits per heavy atom. The summed E-state index contributed by atoms with van der Waals surface area (Å²) < 4.78 is 29.6. The number of phenols is 1. The second-order valence-electron chi connectivity index (χ2n) is 13.4. The van der Waals surface area contributed by atoms with Gasteiger partial charge in [0.15, 0.2) is 25.9 Å². The van der Waals surface area contributed by atoms with E-state index in [2.05, 4.69) is 33.9 Å². The van der Waals surface area contributed by atoms with Gasteiger partial charge in [-0.15, -0.1) is 0 Å². The number of methoxy groups -OCH3 is 1. The summed E-state index contributed by atoms with van der Waals surface area (Å²) in [5, 5.41) is 10.9. The van der Waals surface area contributed by atoms with Gasteiger partial charge in [-0.3, -0.25) is 4.90 Å². The fourth-order valence-electron chi connectivity index (χ4n) is 4.76. The molecule has 0 fully saturated rings. The Morgan fingerprint density at radius 3 is 1.88 bits per heavy atom. The zero-order valence-electron chi connectivity index (χ0n) is 29.3. The fourth-order valence-corrected chi connectivity index (χ4v) is 6.01. The molecule has 9 nitrogen and oxygen atoms in total. The van der Waals surface area contributed by atoms with Crippen LogP contribution in [-0.4, -0.2) is 50.6 Å². The SMILES string of the molecule is COc1ccc(COC(=O)[C@H]([C@H](O[Si](C)(C)C(C)(C)C)c2ccc(OCc3ccccc3)c(O)c2)N(C)C(=O)OCc2ccccc2)cc1. The summed E-state index contributed by atoms with van der Waals surface area (Å²) >= 11 is 0. The van der Waals surface area contributed by atoms with E-state index in [4.69, 9.17) is 23.4 Å². The van der Waals surface area contributed by atoms with E-state index in [0.29, 0.717) is 11.3 Å². The monoisotopic (exact) mass is 685 g/mol. The van der Waals surface area contributed by atoms with Crippen LogP contribution in [0.2, 0.25) is 18.1 Å². The molecule has 0 saturated heterocycles. The minimum absolute atomic E-state index is 0.0135. The van der Waals surface area contributed by atoms with Crippen molar-refractivity contribution in [2.75, 3.05) is 14.2 Å². The number of esters is 1. The topological polar surface area (TPSA) is 104 Å². The molecule has 0 aliphatic carbocycles. The van der Waals surface area contributed by atoms with Crippen LogP contribution in [0.1, 0.15) is 49.1 Å². The van der Waals surface area contributed by atoms with Crippen LogP contribution in [0, 0.1) is 0 Å². The normalized spacial score (nSPS) is 12.8. The number of benzene rings is 4. The summed E-state index contributed by atoms with van der Waals surface area (Å²) in [6.07, 6.45) is -1.75. The standard InChI is InChI=1S/C39H47NO8Si/c1-39(2,3)49(6,7)48-36(31-20-23-34(33(41)24-31)45-25-28-14-10-8-11-15-28)35(37(42)46-26-30-18-21-32(44-5)22-19-30)40(4)38(43)47-27-29-16-12-9-13-17-29/h8-24,35-36,41H,25-27H2,1-7H3/t35-,36+/m0/s1. The lowest BCUT2D eigenvalue weighted by atomic mass is 10.0. The first-order valence-corrected chi connectivity index (χ1v) is 19.1. The molecule has 1 amide bonds. The Labute approximate surface area is 290 Å². The Balaban J connectivity index is 1.69. The Bertz CT molecular complexity index is 1660. The van der Waals surface area contributed by atoms with Crippen molar-refractivity contribution in [1.29, 1.82) is 0 Å². The molecule has 49 heavy (non-hydrogen) atoms. The van der Waals surface area contributed by atoms with Gasteiger partial charge in [-0.1, -0.05) is 99.6 Å². The minimum atomic E-state index is -2.61. The van der Waals surface area contributed by atoms with Gasteiger partial charge >= 0.3 is 12.1 Å². The summed E-state index contributed by atoms with van der Waals surface area (Å²) in [6.45, 7) is 10.6. The molecular formula is C39H47NO8Si. The smallest absolute Gasteiger partial charge is 0.410 e. The predicted molar refractivity (Wildman–Crippen MR) is 191 cm³/mol. The highest BCUT2D eigenvalue weighted by atomic mass is 28.4. The lowest BCUT2D eigenvalue weighted by Gasteiger charge is -2.42. The molecule has 4 rings (SSSR count). The summed E-state index contributed by atoms with van der Waals surface area (Å²) in [5.74, 6) is 0.125. The molecule has 1 N–H and O–H groups in total. The maximum absolute atomic E-state index is 14.2. The van der Waals surface area contributed by atoms with Crippen LogP contribution < -0.4 is 9.47 Å². The second kappa shape index (κ2) is 16.5. The Kier molecular flexibility index (Phi) is 12.5. The van der Waals surface area contributed by atoms with Crippen molar-refractivity contribution in [3.05, 3.63) is 125 Å². The van der Waals surface area contributed by atoms with Crippen molar-refractivity contribution < 1.29 is 38.1 Å². The van der Waals surface area contributed by atoms with E-state index >= 15 is 0 Å². The highest BCUT2D eigenvalue weighted by Crippen LogP contribution is 2.43. The van der Waals surface area contributed by atoms with Crippen molar-refractivity contribution in [3.8, 4) is 17.2 Å². The van der Waals surface area contributed by atoms with Crippen LogP contribution in [0.4, 0.5) is 4.79 Å². The van der Waals surface area contributed by atoms with E-state index in [-0.39, 0.29) is 36.4 Å². The van der Waals surface area contributed by atoms with Crippen molar-refractivity contribution in [3.63, 3.8) is 0 Å². The maximum atomic E-state index is 14.2. The number of aromatic hydroxyl groups is 1. The van der Waals surface area contributed by atoms with Crippen LogP contribution in [0.15, 0.2) is 103 Å². The lowest BCUT2D eigenvalue weighted by Crippen LogP contribution is -2.52. The predicted octanol–water partition coefficient (Wildman–Crippen LogP) is 8.42. The maximum Gasteiger partial charge on any atom is 0.410 e. The zero-order chi connectivity index (χ0) is 35.6. The minimum Gasteiger partial charge on any atom is -0.504 e. The number of carbonyl (C=O) groups is 2. The number of hydrogen-bond donors (Lipinski definition) is 1. The molecule has 0 aliphatic heterocycles. The molecule has 0 heterocycles. The van der Waals surface area contributed by atoms with Gasteiger partial charge in [-0.2, -0.15) is 0 Å². The van der Waals surface area contributed by atoms with E-state index in [1.54, 1.807) is 43.5 Å². The van der Waals surface area contributed by atoms with Crippen LogP contribution in [-0.2, 0) is 38.5 Å². The zero-order valence-corrected chi connectivity index (χ0v) is 30.3. The van der Waals surface area contributed by atoms with Crippen LogP contribution in [0.5, 0.6) is 17.2 Å². The average molecular weight is 686 g/mol. The molecule has 0 saturated carbocycles. The number of likely N-dealkylation sites (N-methyl/N-ethyl adjacent to an activating group) is 1. The molecule has 0 aliphatic rings. The Hall–Kier alpha value is -4.80. The summed E-state index contributed by atoms with van der Waals surface area (Å²) in [6, 6.07) is 29.7. The van der Waals surface area contributed by atoms with Gasteiger partial charge in [-0.05, 0) is 64.7 Å². The summed E-state index contributed by atoms with van der Waals surface area (Å²) in [4.78, 5) is 29.0. The molecule has 2 atom stereocenters. The van der Waals surface area contributed by atoms with E-state index in [9.17, 15) is 14.7 Å². The second-order valence-corrected chi connectivity index (χ2v) is 18.1. The number of carbonyl (C=O) groups excluding carboxylic acids is 2. The van der Waals surface area contributed by atoms with Gasteiger partial charge in [0.05, 0.1) is 7.11 Å². The first-order valence-electron chi connectivity index (χ1n) is 16.2. The van der Waals surface area contributed by atoms with E-state index in [1.165, 1.54) is 18.0 Å². The molecule has 0 spiro atoms. The largest absolute Gasteiger partial charge is 0.504 e. The van der Waals surface area contributed by atoms with Gasteiger partial charge in [0, 0.05) is 7.05 Å². The molecule has 10 heteroatoms. The molecule has 4 aromatic rings. The number of ether oxygens (including phenoxy) is 4. The lowest BCUT2D eigenvalue weighted by molar-refractivity contribution is -0.154. The van der Waals surface area contributed by atoms with Crippen molar-refractivity contribution in [2.24, 2.45) is 0 Å². The fraction of sp³-hybridized carbons (Fsp3) is 0.333. The number of nitrogens with zero attached hydrogens (tertiary/aromatic N) is 1. The van der Waals surface area contributed by atoms with E-state index in [0.717, 1.165) is 16.7 Å². The summed E-state index contributed by atoms with van der Waals surface area (Å²) in [7, 11) is 0.458. The van der Waals surface area contributed by atoms with Crippen LogP contribution in [0.25, 0.3) is 0 Å². The third kappa shape index (κ3) is 10.1. The van der Waals surface area contributed by atoms with Crippen molar-refractivity contribution >= 4 is 20.4 Å². The molecular weight excluding hydrogens is 639 g/mol. The van der Waals surface area contributed by atoms with Gasteiger partial charge in [0.1, 0.15) is 31.7 Å². The van der Waals surface area contributed by atoms with E-state index in [1.807, 2.05) is 60.7 Å². The van der Waals surface area contributed by atoms with Gasteiger partial charge < -0.3 is 28.5 Å². The van der Waals surface area contributed by atoms with Crippen molar-refractivity contribution in [2.45, 2.75) is 70.9 Å².